The van der Waals surface area contributed by atoms with E-state index in [0.29, 0.717) is 0 Å². The van der Waals surface area contributed by atoms with Gasteiger partial charge in [0.05, 0.1) is 6.17 Å². The molecule has 0 N–H and O–H groups in total. The third-order valence-electron chi connectivity index (χ3n) is 5.92. The van der Waals surface area contributed by atoms with Crippen molar-refractivity contribution in [3.8, 4) is 0 Å². The fourth-order valence-corrected chi connectivity index (χ4v) is 5.32. The number of fused-ring (bicyclic) bond motifs is 2. The third-order valence-corrected chi connectivity index (χ3v) is 5.92. The van der Waals surface area contributed by atoms with Crippen molar-refractivity contribution >= 4 is 0 Å². The van der Waals surface area contributed by atoms with E-state index in [1.165, 1.54) is 71.0 Å². The standard InChI is InChI=1S/C15H26N2/c1-2-9-16-11-13-6-3-5-12-7-4-10-17(15(12)13)14(16)8-1/h12-15H,1-11H2/t12-,13-,14-,15+/m1/s1. The van der Waals surface area contributed by atoms with Crippen molar-refractivity contribution in [1.29, 1.82) is 0 Å². The Morgan fingerprint density at radius 1 is 0.706 bits per heavy atom. The Hall–Kier alpha value is -0.0800. The lowest BCUT2D eigenvalue weighted by molar-refractivity contribution is -0.128. The van der Waals surface area contributed by atoms with E-state index in [2.05, 4.69) is 9.80 Å². The molecule has 0 aromatic rings. The molecule has 0 bridgehead atoms. The predicted octanol–water partition coefficient (Wildman–Crippen LogP) is 2.69. The first-order valence-electron chi connectivity index (χ1n) is 7.93. The maximum absolute atomic E-state index is 2.95. The molecule has 4 fully saturated rings. The van der Waals surface area contributed by atoms with Gasteiger partial charge in [0.25, 0.3) is 0 Å². The van der Waals surface area contributed by atoms with Crippen LogP contribution in [0.1, 0.15) is 51.4 Å². The Labute approximate surface area is 105 Å². The molecule has 4 rings (SSSR count). The van der Waals surface area contributed by atoms with E-state index < -0.39 is 0 Å². The van der Waals surface area contributed by atoms with Crippen molar-refractivity contribution in [2.24, 2.45) is 11.8 Å². The zero-order chi connectivity index (χ0) is 11.2. The second-order valence-corrected chi connectivity index (χ2v) is 6.79. The quantitative estimate of drug-likeness (QED) is 0.636. The van der Waals surface area contributed by atoms with E-state index in [1.807, 2.05) is 0 Å². The minimum Gasteiger partial charge on any atom is -0.288 e. The molecule has 0 spiro atoms. The molecule has 2 heteroatoms. The average Bonchev–Trinajstić information content (AvgIpc) is 2.39. The summed E-state index contributed by atoms with van der Waals surface area (Å²) in [6.45, 7) is 4.22. The van der Waals surface area contributed by atoms with Gasteiger partial charge in [0.2, 0.25) is 0 Å². The van der Waals surface area contributed by atoms with Crippen LogP contribution in [0.5, 0.6) is 0 Å². The molecule has 0 aromatic heterocycles. The maximum atomic E-state index is 2.95. The molecular weight excluding hydrogens is 208 g/mol. The Balaban J connectivity index is 1.63. The van der Waals surface area contributed by atoms with Crippen LogP contribution in [0.25, 0.3) is 0 Å². The largest absolute Gasteiger partial charge is 0.288 e. The number of nitrogens with zero attached hydrogens (tertiary/aromatic N) is 2. The van der Waals surface area contributed by atoms with Gasteiger partial charge in [-0.3, -0.25) is 9.80 Å². The Morgan fingerprint density at radius 3 is 2.59 bits per heavy atom. The van der Waals surface area contributed by atoms with Gasteiger partial charge in [-0.2, -0.15) is 0 Å². The lowest BCUT2D eigenvalue weighted by Crippen LogP contribution is -2.67. The van der Waals surface area contributed by atoms with E-state index in [-0.39, 0.29) is 0 Å². The molecule has 2 nitrogen and oxygen atoms in total. The molecule has 1 saturated carbocycles. The molecular formula is C15H26N2. The number of rotatable bonds is 0. The fraction of sp³-hybridized carbons (Fsp3) is 1.00. The van der Waals surface area contributed by atoms with Crippen molar-refractivity contribution < 1.29 is 0 Å². The SMILES string of the molecule is C1C[C@@H]2CCCN3[C@@H]2[C@H](C1)CN1CCCC[C@H]13. The van der Waals surface area contributed by atoms with Crippen molar-refractivity contribution in [2.75, 3.05) is 19.6 Å². The Bertz CT molecular complexity index is 289. The molecule has 0 amide bonds. The summed E-state index contributed by atoms with van der Waals surface area (Å²) in [6, 6.07) is 0.983. The summed E-state index contributed by atoms with van der Waals surface area (Å²) >= 11 is 0. The van der Waals surface area contributed by atoms with Gasteiger partial charge < -0.3 is 0 Å². The number of hydrogen-bond acceptors (Lipinski definition) is 2. The molecule has 17 heavy (non-hydrogen) atoms. The van der Waals surface area contributed by atoms with Gasteiger partial charge >= 0.3 is 0 Å². The van der Waals surface area contributed by atoms with Crippen LogP contribution in [-0.4, -0.2) is 41.6 Å². The minimum absolute atomic E-state index is 0.839. The molecule has 0 unspecified atom stereocenters. The molecule has 1 aliphatic carbocycles. The summed E-state index contributed by atoms with van der Waals surface area (Å²) < 4.78 is 0. The summed E-state index contributed by atoms with van der Waals surface area (Å²) in [5.41, 5.74) is 0. The van der Waals surface area contributed by atoms with Crippen LogP contribution in [0.2, 0.25) is 0 Å². The Morgan fingerprint density at radius 2 is 1.59 bits per heavy atom. The lowest BCUT2D eigenvalue weighted by atomic mass is 9.70. The van der Waals surface area contributed by atoms with Crippen LogP contribution in [0.3, 0.4) is 0 Å². The topological polar surface area (TPSA) is 6.48 Å². The summed E-state index contributed by atoms with van der Waals surface area (Å²) in [7, 11) is 0. The monoisotopic (exact) mass is 234 g/mol. The van der Waals surface area contributed by atoms with Gasteiger partial charge in [-0.15, -0.1) is 0 Å². The van der Waals surface area contributed by atoms with E-state index >= 15 is 0 Å². The second kappa shape index (κ2) is 4.24. The molecule has 4 atom stereocenters. The molecule has 96 valence electrons. The summed E-state index contributed by atoms with van der Waals surface area (Å²) in [5, 5.41) is 0. The van der Waals surface area contributed by atoms with Gasteiger partial charge in [0.15, 0.2) is 0 Å². The average molecular weight is 234 g/mol. The third kappa shape index (κ3) is 1.67. The lowest BCUT2D eigenvalue weighted by Gasteiger charge is -2.59. The first kappa shape index (κ1) is 10.8. The van der Waals surface area contributed by atoms with Crippen LogP contribution >= 0.6 is 0 Å². The normalized spacial score (nSPS) is 47.3. The fourth-order valence-electron chi connectivity index (χ4n) is 5.32. The zero-order valence-corrected chi connectivity index (χ0v) is 11.0. The van der Waals surface area contributed by atoms with Crippen LogP contribution in [0, 0.1) is 11.8 Å². The predicted molar refractivity (Wildman–Crippen MR) is 69.8 cm³/mol. The molecule has 0 aromatic carbocycles. The maximum Gasteiger partial charge on any atom is 0.0625 e. The van der Waals surface area contributed by atoms with Crippen LogP contribution in [0.4, 0.5) is 0 Å². The van der Waals surface area contributed by atoms with Crippen LogP contribution < -0.4 is 0 Å². The highest BCUT2D eigenvalue weighted by molar-refractivity contribution is 5.00. The highest BCUT2D eigenvalue weighted by Gasteiger charge is 2.47. The van der Waals surface area contributed by atoms with Gasteiger partial charge in [-0.05, 0) is 69.9 Å². The molecule has 3 aliphatic heterocycles. The molecule has 0 radical (unpaired) electrons. The van der Waals surface area contributed by atoms with Gasteiger partial charge in [-0.25, -0.2) is 0 Å². The van der Waals surface area contributed by atoms with Crippen LogP contribution in [0.15, 0.2) is 0 Å². The Kier molecular flexibility index (Phi) is 2.69. The molecule has 3 heterocycles. The van der Waals surface area contributed by atoms with Crippen molar-refractivity contribution in [2.45, 2.75) is 63.6 Å². The minimum atomic E-state index is 0.839. The second-order valence-electron chi connectivity index (χ2n) is 6.79. The van der Waals surface area contributed by atoms with E-state index in [0.717, 1.165) is 24.0 Å². The van der Waals surface area contributed by atoms with Gasteiger partial charge in [0.1, 0.15) is 0 Å². The van der Waals surface area contributed by atoms with E-state index in [4.69, 9.17) is 0 Å². The van der Waals surface area contributed by atoms with Crippen molar-refractivity contribution in [3.05, 3.63) is 0 Å². The first-order chi connectivity index (χ1) is 8.43. The number of piperidine rings is 2. The zero-order valence-electron chi connectivity index (χ0n) is 11.0. The summed E-state index contributed by atoms with van der Waals surface area (Å²) in [5.74, 6) is 2.08. The molecule has 3 saturated heterocycles. The van der Waals surface area contributed by atoms with E-state index in [9.17, 15) is 0 Å². The smallest absolute Gasteiger partial charge is 0.0625 e. The first-order valence-corrected chi connectivity index (χ1v) is 7.93. The van der Waals surface area contributed by atoms with Crippen LogP contribution in [-0.2, 0) is 0 Å². The highest BCUT2D eigenvalue weighted by atomic mass is 15.4. The highest BCUT2D eigenvalue weighted by Crippen LogP contribution is 2.44. The van der Waals surface area contributed by atoms with E-state index in [1.54, 1.807) is 0 Å². The van der Waals surface area contributed by atoms with Gasteiger partial charge in [-0.1, -0.05) is 6.42 Å². The summed E-state index contributed by atoms with van der Waals surface area (Å²) in [6.07, 6.45) is 12.8. The summed E-state index contributed by atoms with van der Waals surface area (Å²) in [4.78, 5) is 5.78. The van der Waals surface area contributed by atoms with Crippen molar-refractivity contribution in [3.63, 3.8) is 0 Å². The number of hydrogen-bond donors (Lipinski definition) is 0. The van der Waals surface area contributed by atoms with Gasteiger partial charge in [0, 0.05) is 12.6 Å². The van der Waals surface area contributed by atoms with Crippen molar-refractivity contribution in [1.82, 2.24) is 9.80 Å². The molecule has 4 aliphatic rings.